The number of nitrogens with zero attached hydrogens (tertiary/aromatic N) is 1. The Labute approximate surface area is 156 Å². The van der Waals surface area contributed by atoms with Gasteiger partial charge in [-0.15, -0.1) is 0 Å². The van der Waals surface area contributed by atoms with Gasteiger partial charge in [0.2, 0.25) is 5.88 Å². The quantitative estimate of drug-likeness (QED) is 0.752. The van der Waals surface area contributed by atoms with Gasteiger partial charge in [-0.05, 0) is 29.9 Å². The molecular formula is C19H20N2O4S. The molecule has 0 spiro atoms. The zero-order valence-corrected chi connectivity index (χ0v) is 15.0. The Morgan fingerprint density at radius 2 is 2.04 bits per heavy atom. The van der Waals surface area contributed by atoms with E-state index < -0.39 is 11.9 Å². The van der Waals surface area contributed by atoms with E-state index in [1.165, 1.54) is 0 Å². The molecule has 0 bridgehead atoms. The smallest absolute Gasteiger partial charge is 0.325 e. The Hall–Kier alpha value is -2.54. The van der Waals surface area contributed by atoms with Crippen LogP contribution in [0.4, 0.5) is 0 Å². The molecule has 2 aromatic rings. The average Bonchev–Trinajstić information content (AvgIpc) is 3.19. The summed E-state index contributed by atoms with van der Waals surface area (Å²) in [5.41, 5.74) is 1.21. The predicted molar refractivity (Wildman–Crippen MR) is 99.2 cm³/mol. The zero-order valence-electron chi connectivity index (χ0n) is 14.2. The molecule has 1 atom stereocenters. The number of hydrogen-bond donors (Lipinski definition) is 1. The van der Waals surface area contributed by atoms with Crippen molar-refractivity contribution < 1.29 is 19.1 Å². The highest BCUT2D eigenvalue weighted by atomic mass is 32.2. The highest BCUT2D eigenvalue weighted by Crippen LogP contribution is 2.24. The lowest BCUT2D eigenvalue weighted by molar-refractivity contribution is -0.143. The third kappa shape index (κ3) is 5.23. The molecular weight excluding hydrogens is 352 g/mol. The SMILES string of the molecule is O=C(CNC(=O)c1cccnc1O[C@@H]1CCSC1)OCc1ccccc1. The summed E-state index contributed by atoms with van der Waals surface area (Å²) in [6.07, 6.45) is 2.59. The Morgan fingerprint density at radius 3 is 2.81 bits per heavy atom. The minimum atomic E-state index is -0.499. The summed E-state index contributed by atoms with van der Waals surface area (Å²) in [6, 6.07) is 12.7. The van der Waals surface area contributed by atoms with Gasteiger partial charge >= 0.3 is 5.97 Å². The number of esters is 1. The summed E-state index contributed by atoms with van der Waals surface area (Å²) < 4.78 is 11.0. The normalized spacial score (nSPS) is 16.1. The summed E-state index contributed by atoms with van der Waals surface area (Å²) in [5, 5.41) is 2.56. The standard InChI is InChI=1S/C19H20N2O4S/c22-17(24-12-14-5-2-1-3-6-14)11-21-18(23)16-7-4-9-20-19(16)25-15-8-10-26-13-15/h1-7,9,15H,8,10-13H2,(H,21,23)/t15-/m1/s1. The number of carbonyl (C=O) groups is 2. The monoisotopic (exact) mass is 372 g/mol. The molecule has 2 heterocycles. The number of rotatable bonds is 7. The van der Waals surface area contributed by atoms with E-state index in [0.717, 1.165) is 23.5 Å². The number of ether oxygens (including phenoxy) is 2. The molecule has 1 fully saturated rings. The van der Waals surface area contributed by atoms with E-state index in [-0.39, 0.29) is 19.3 Å². The van der Waals surface area contributed by atoms with Crippen LogP contribution in [0, 0.1) is 0 Å². The second kappa shape index (κ2) is 9.24. The molecule has 6 nitrogen and oxygen atoms in total. The second-order valence-electron chi connectivity index (χ2n) is 5.79. The van der Waals surface area contributed by atoms with Crippen molar-refractivity contribution in [3.8, 4) is 5.88 Å². The van der Waals surface area contributed by atoms with E-state index in [2.05, 4.69) is 10.3 Å². The molecule has 0 unspecified atom stereocenters. The summed E-state index contributed by atoms with van der Waals surface area (Å²) in [5.74, 6) is 1.33. The summed E-state index contributed by atoms with van der Waals surface area (Å²) in [6.45, 7) is -0.0323. The van der Waals surface area contributed by atoms with Crippen molar-refractivity contribution in [3.05, 3.63) is 59.8 Å². The molecule has 1 N–H and O–H groups in total. The van der Waals surface area contributed by atoms with Crippen LogP contribution >= 0.6 is 11.8 Å². The fourth-order valence-electron chi connectivity index (χ4n) is 2.46. The summed E-state index contributed by atoms with van der Waals surface area (Å²) >= 11 is 1.82. The van der Waals surface area contributed by atoms with Crippen LogP contribution < -0.4 is 10.1 Å². The first kappa shape index (κ1) is 18.3. The topological polar surface area (TPSA) is 77.5 Å². The molecule has 26 heavy (non-hydrogen) atoms. The van der Waals surface area contributed by atoms with Crippen molar-refractivity contribution in [1.29, 1.82) is 0 Å². The molecule has 0 aliphatic carbocycles. The summed E-state index contributed by atoms with van der Waals surface area (Å²) in [4.78, 5) is 28.4. The summed E-state index contributed by atoms with van der Waals surface area (Å²) in [7, 11) is 0. The first-order valence-corrected chi connectivity index (χ1v) is 9.55. The third-order valence-corrected chi connectivity index (χ3v) is 4.95. The minimum Gasteiger partial charge on any atom is -0.473 e. The lowest BCUT2D eigenvalue weighted by atomic mass is 10.2. The predicted octanol–water partition coefficient (Wildman–Crippen LogP) is 2.44. The Morgan fingerprint density at radius 1 is 1.19 bits per heavy atom. The molecule has 7 heteroatoms. The molecule has 1 aliphatic rings. The number of pyridine rings is 1. The van der Waals surface area contributed by atoms with Gasteiger partial charge < -0.3 is 14.8 Å². The zero-order chi connectivity index (χ0) is 18.2. The van der Waals surface area contributed by atoms with Crippen molar-refractivity contribution in [1.82, 2.24) is 10.3 Å². The van der Waals surface area contributed by atoms with E-state index >= 15 is 0 Å². The Balaban J connectivity index is 1.50. The number of benzene rings is 1. The van der Waals surface area contributed by atoms with Gasteiger partial charge in [-0.3, -0.25) is 9.59 Å². The van der Waals surface area contributed by atoms with Gasteiger partial charge in [-0.1, -0.05) is 30.3 Å². The van der Waals surface area contributed by atoms with E-state index in [1.54, 1.807) is 18.3 Å². The Kier molecular flexibility index (Phi) is 6.49. The molecule has 3 rings (SSSR count). The number of aromatic nitrogens is 1. The van der Waals surface area contributed by atoms with Crippen LogP contribution in [-0.4, -0.2) is 41.0 Å². The van der Waals surface area contributed by atoms with Crippen LogP contribution in [0.1, 0.15) is 22.3 Å². The number of amides is 1. The molecule has 1 aromatic carbocycles. The van der Waals surface area contributed by atoms with Crippen LogP contribution in [0.3, 0.4) is 0 Å². The highest BCUT2D eigenvalue weighted by molar-refractivity contribution is 7.99. The van der Waals surface area contributed by atoms with Crippen molar-refractivity contribution in [2.75, 3.05) is 18.1 Å². The fraction of sp³-hybridized carbons (Fsp3) is 0.316. The molecule has 136 valence electrons. The van der Waals surface area contributed by atoms with Crippen molar-refractivity contribution in [2.45, 2.75) is 19.1 Å². The number of hydrogen-bond acceptors (Lipinski definition) is 6. The van der Waals surface area contributed by atoms with E-state index in [4.69, 9.17) is 9.47 Å². The lowest BCUT2D eigenvalue weighted by Crippen LogP contribution is -2.31. The van der Waals surface area contributed by atoms with Gasteiger partial charge in [-0.2, -0.15) is 11.8 Å². The van der Waals surface area contributed by atoms with Crippen LogP contribution in [-0.2, 0) is 16.1 Å². The number of thioether (sulfide) groups is 1. The van der Waals surface area contributed by atoms with Crippen molar-refractivity contribution in [2.24, 2.45) is 0 Å². The number of carbonyl (C=O) groups excluding carboxylic acids is 2. The van der Waals surface area contributed by atoms with Crippen LogP contribution in [0.25, 0.3) is 0 Å². The first-order chi connectivity index (χ1) is 12.7. The van der Waals surface area contributed by atoms with Crippen LogP contribution in [0.15, 0.2) is 48.7 Å². The third-order valence-electron chi connectivity index (χ3n) is 3.82. The molecule has 1 aliphatic heterocycles. The maximum Gasteiger partial charge on any atom is 0.325 e. The van der Waals surface area contributed by atoms with Crippen molar-refractivity contribution in [3.63, 3.8) is 0 Å². The van der Waals surface area contributed by atoms with Gasteiger partial charge in [0.1, 0.15) is 24.8 Å². The molecule has 0 saturated carbocycles. The van der Waals surface area contributed by atoms with Crippen LogP contribution in [0.2, 0.25) is 0 Å². The van der Waals surface area contributed by atoms with E-state index in [1.807, 2.05) is 42.1 Å². The Bertz CT molecular complexity index is 748. The molecule has 1 amide bonds. The first-order valence-electron chi connectivity index (χ1n) is 8.39. The average molecular weight is 372 g/mol. The lowest BCUT2D eigenvalue weighted by Gasteiger charge is -2.14. The fourth-order valence-corrected chi connectivity index (χ4v) is 3.55. The molecule has 1 aromatic heterocycles. The second-order valence-corrected chi connectivity index (χ2v) is 6.94. The van der Waals surface area contributed by atoms with Crippen LogP contribution in [0.5, 0.6) is 5.88 Å². The molecule has 0 radical (unpaired) electrons. The van der Waals surface area contributed by atoms with Crippen molar-refractivity contribution >= 4 is 23.6 Å². The van der Waals surface area contributed by atoms with Gasteiger partial charge in [-0.25, -0.2) is 4.98 Å². The highest BCUT2D eigenvalue weighted by Gasteiger charge is 2.21. The number of nitrogens with one attached hydrogen (secondary N) is 1. The van der Waals surface area contributed by atoms with Gasteiger partial charge in [0.05, 0.1) is 0 Å². The van der Waals surface area contributed by atoms with E-state index in [0.29, 0.717) is 11.4 Å². The van der Waals surface area contributed by atoms with Gasteiger partial charge in [0.15, 0.2) is 0 Å². The molecule has 1 saturated heterocycles. The maximum atomic E-state index is 12.4. The minimum absolute atomic E-state index is 0.0669. The maximum absolute atomic E-state index is 12.4. The van der Waals surface area contributed by atoms with E-state index in [9.17, 15) is 9.59 Å². The van der Waals surface area contributed by atoms with Gasteiger partial charge in [0.25, 0.3) is 5.91 Å². The van der Waals surface area contributed by atoms with Gasteiger partial charge in [0, 0.05) is 11.9 Å². The largest absolute Gasteiger partial charge is 0.473 e.